The van der Waals surface area contributed by atoms with Gasteiger partial charge >= 0.3 is 0 Å². The molecule has 1 heteroatoms. The van der Waals surface area contributed by atoms with Gasteiger partial charge in [0.05, 0.1) is 0 Å². The van der Waals surface area contributed by atoms with Crippen LogP contribution in [0.15, 0.2) is 0 Å². The van der Waals surface area contributed by atoms with E-state index in [1.165, 1.54) is 19.3 Å². The van der Waals surface area contributed by atoms with E-state index in [0.29, 0.717) is 16.9 Å². The predicted molar refractivity (Wildman–Crippen MR) is 65.6 cm³/mol. The topological polar surface area (TPSA) is 12.0 Å². The van der Waals surface area contributed by atoms with E-state index in [1.54, 1.807) is 0 Å². The van der Waals surface area contributed by atoms with Gasteiger partial charge in [0.25, 0.3) is 0 Å². The van der Waals surface area contributed by atoms with Gasteiger partial charge in [-0.1, -0.05) is 48.0 Å². The molecule has 1 unspecified atom stereocenters. The molecular formula is C13H29N. The van der Waals surface area contributed by atoms with Crippen LogP contribution in [0.1, 0.15) is 60.8 Å². The van der Waals surface area contributed by atoms with Crippen LogP contribution in [0.4, 0.5) is 0 Å². The molecule has 0 aromatic heterocycles. The maximum atomic E-state index is 3.48. The first-order valence-corrected chi connectivity index (χ1v) is 5.96. The van der Waals surface area contributed by atoms with Crippen LogP contribution in [0.5, 0.6) is 0 Å². The number of hydrogen-bond acceptors (Lipinski definition) is 1. The number of rotatable bonds is 6. The van der Waals surface area contributed by atoms with Crippen molar-refractivity contribution < 1.29 is 0 Å². The zero-order valence-electron chi connectivity index (χ0n) is 11.2. The fraction of sp³-hybridized carbons (Fsp3) is 1.00. The lowest BCUT2D eigenvalue weighted by Gasteiger charge is -2.38. The highest BCUT2D eigenvalue weighted by Crippen LogP contribution is 2.34. The molecule has 0 bridgehead atoms. The summed E-state index contributed by atoms with van der Waals surface area (Å²) < 4.78 is 0. The predicted octanol–water partition coefficient (Wildman–Crippen LogP) is 3.84. The van der Waals surface area contributed by atoms with Crippen molar-refractivity contribution >= 4 is 0 Å². The highest BCUT2D eigenvalue weighted by molar-refractivity contribution is 4.86. The fourth-order valence-corrected chi connectivity index (χ4v) is 1.71. The van der Waals surface area contributed by atoms with E-state index in [1.807, 2.05) is 0 Å². The van der Waals surface area contributed by atoms with Crippen LogP contribution in [0, 0.1) is 10.8 Å². The summed E-state index contributed by atoms with van der Waals surface area (Å²) in [7, 11) is 2.09. The zero-order chi connectivity index (χ0) is 11.4. The summed E-state index contributed by atoms with van der Waals surface area (Å²) in [5.41, 5.74) is 0.862. The standard InChI is InChI=1S/C13H29N/c1-8-12(3,4)10-11(14-7)13(5,6)9-2/h11,14H,8-10H2,1-7H3. The molecular weight excluding hydrogens is 170 g/mol. The number of nitrogens with one attached hydrogen (secondary N) is 1. The zero-order valence-corrected chi connectivity index (χ0v) is 11.2. The van der Waals surface area contributed by atoms with E-state index >= 15 is 0 Å². The van der Waals surface area contributed by atoms with Crippen LogP contribution in [0.2, 0.25) is 0 Å². The van der Waals surface area contributed by atoms with Gasteiger partial charge in [-0.05, 0) is 30.7 Å². The summed E-state index contributed by atoms with van der Waals surface area (Å²) in [6, 6.07) is 0.627. The Hall–Kier alpha value is -0.0400. The first-order valence-electron chi connectivity index (χ1n) is 5.96. The Morgan fingerprint density at radius 3 is 1.79 bits per heavy atom. The van der Waals surface area contributed by atoms with Crippen LogP contribution in [0.3, 0.4) is 0 Å². The molecule has 1 N–H and O–H groups in total. The SMILES string of the molecule is CCC(C)(C)CC(NC)C(C)(C)CC. The van der Waals surface area contributed by atoms with Gasteiger partial charge in [0.15, 0.2) is 0 Å². The molecule has 14 heavy (non-hydrogen) atoms. The van der Waals surface area contributed by atoms with Crippen molar-refractivity contribution in [2.24, 2.45) is 10.8 Å². The maximum absolute atomic E-state index is 3.48. The van der Waals surface area contributed by atoms with Gasteiger partial charge in [-0.25, -0.2) is 0 Å². The Balaban J connectivity index is 4.44. The second-order valence-electron chi connectivity index (χ2n) is 5.91. The highest BCUT2D eigenvalue weighted by atomic mass is 14.9. The van der Waals surface area contributed by atoms with Crippen LogP contribution >= 0.6 is 0 Å². The molecule has 0 rings (SSSR count). The monoisotopic (exact) mass is 199 g/mol. The van der Waals surface area contributed by atoms with Crippen molar-refractivity contribution in [2.45, 2.75) is 66.8 Å². The van der Waals surface area contributed by atoms with Gasteiger partial charge in [0.1, 0.15) is 0 Å². The minimum absolute atomic E-state index is 0.404. The van der Waals surface area contributed by atoms with E-state index in [0.717, 1.165) is 0 Å². The van der Waals surface area contributed by atoms with Gasteiger partial charge in [0, 0.05) is 6.04 Å². The summed E-state index contributed by atoms with van der Waals surface area (Å²) in [6.07, 6.45) is 3.75. The van der Waals surface area contributed by atoms with Crippen molar-refractivity contribution in [1.82, 2.24) is 5.32 Å². The molecule has 0 saturated heterocycles. The molecule has 0 aromatic rings. The Morgan fingerprint density at radius 2 is 1.50 bits per heavy atom. The fourth-order valence-electron chi connectivity index (χ4n) is 1.71. The van der Waals surface area contributed by atoms with Crippen LogP contribution in [-0.2, 0) is 0 Å². The van der Waals surface area contributed by atoms with Gasteiger partial charge < -0.3 is 5.32 Å². The number of hydrogen-bond donors (Lipinski definition) is 1. The molecule has 0 aliphatic rings. The summed E-state index contributed by atoms with van der Waals surface area (Å²) in [6.45, 7) is 14.0. The molecule has 0 aliphatic carbocycles. The van der Waals surface area contributed by atoms with E-state index in [4.69, 9.17) is 0 Å². The normalized spacial score (nSPS) is 15.6. The average Bonchev–Trinajstić information content (AvgIpc) is 2.14. The summed E-state index contributed by atoms with van der Waals surface area (Å²) in [4.78, 5) is 0. The van der Waals surface area contributed by atoms with E-state index in [-0.39, 0.29) is 0 Å². The lowest BCUT2D eigenvalue weighted by atomic mass is 9.73. The Kier molecular flexibility index (Phi) is 5.14. The first-order chi connectivity index (χ1) is 6.29. The minimum Gasteiger partial charge on any atom is -0.316 e. The average molecular weight is 199 g/mol. The maximum Gasteiger partial charge on any atom is 0.0120 e. The lowest BCUT2D eigenvalue weighted by Crippen LogP contribution is -2.42. The summed E-state index contributed by atoms with van der Waals surface area (Å²) in [5, 5.41) is 3.48. The van der Waals surface area contributed by atoms with Gasteiger partial charge in [-0.2, -0.15) is 0 Å². The molecule has 1 nitrogen and oxygen atoms in total. The second kappa shape index (κ2) is 5.16. The molecule has 0 fully saturated rings. The third-order valence-corrected chi connectivity index (χ3v) is 3.92. The molecule has 0 saturated carbocycles. The first kappa shape index (κ1) is 14.0. The Morgan fingerprint density at radius 1 is 1.00 bits per heavy atom. The Bertz CT molecular complexity index is 159. The van der Waals surface area contributed by atoms with Gasteiger partial charge in [-0.15, -0.1) is 0 Å². The quantitative estimate of drug-likeness (QED) is 0.685. The van der Waals surface area contributed by atoms with Gasteiger partial charge in [0.2, 0.25) is 0 Å². The van der Waals surface area contributed by atoms with Crippen molar-refractivity contribution in [3.63, 3.8) is 0 Å². The van der Waals surface area contributed by atoms with Crippen molar-refractivity contribution in [1.29, 1.82) is 0 Å². The van der Waals surface area contributed by atoms with E-state index < -0.39 is 0 Å². The molecule has 0 aliphatic heterocycles. The Labute approximate surface area is 90.7 Å². The van der Waals surface area contributed by atoms with E-state index in [2.05, 4.69) is 53.9 Å². The second-order valence-corrected chi connectivity index (χ2v) is 5.91. The van der Waals surface area contributed by atoms with Crippen LogP contribution < -0.4 is 5.32 Å². The van der Waals surface area contributed by atoms with Crippen LogP contribution in [0.25, 0.3) is 0 Å². The summed E-state index contributed by atoms with van der Waals surface area (Å²) >= 11 is 0. The van der Waals surface area contributed by atoms with Crippen LogP contribution in [-0.4, -0.2) is 13.1 Å². The molecule has 0 amide bonds. The molecule has 0 spiro atoms. The lowest BCUT2D eigenvalue weighted by molar-refractivity contribution is 0.166. The third-order valence-electron chi connectivity index (χ3n) is 3.92. The molecule has 0 aromatic carbocycles. The molecule has 0 radical (unpaired) electrons. The highest BCUT2D eigenvalue weighted by Gasteiger charge is 2.31. The third kappa shape index (κ3) is 4.00. The smallest absolute Gasteiger partial charge is 0.0120 e. The largest absolute Gasteiger partial charge is 0.316 e. The van der Waals surface area contributed by atoms with Crippen molar-refractivity contribution in [2.75, 3.05) is 7.05 Å². The molecule has 0 heterocycles. The molecule has 86 valence electrons. The van der Waals surface area contributed by atoms with E-state index in [9.17, 15) is 0 Å². The molecule has 1 atom stereocenters. The summed E-state index contributed by atoms with van der Waals surface area (Å²) in [5.74, 6) is 0. The minimum atomic E-state index is 0.404. The van der Waals surface area contributed by atoms with Gasteiger partial charge in [-0.3, -0.25) is 0 Å². The van der Waals surface area contributed by atoms with Crippen molar-refractivity contribution in [3.8, 4) is 0 Å². The van der Waals surface area contributed by atoms with Crippen molar-refractivity contribution in [3.05, 3.63) is 0 Å².